The maximum absolute atomic E-state index is 11.3. The van der Waals surface area contributed by atoms with Crippen LogP contribution >= 0.6 is 22.4 Å². The minimum atomic E-state index is -3.66. The highest BCUT2D eigenvalue weighted by Crippen LogP contribution is 2.23. The van der Waals surface area contributed by atoms with Gasteiger partial charge in [-0.3, -0.25) is 4.79 Å². The molecule has 0 amide bonds. The molecule has 13 heavy (non-hydrogen) atoms. The fraction of sp³-hybridized carbons (Fsp3) is 0.857. The number of Topliss-reactive ketones (excluding diaryl/α,β-unsaturated/α-hetero) is 1. The minimum Gasteiger partial charge on any atom is -0.298 e. The maximum Gasteiger partial charge on any atom is 0.239 e. The zero-order valence-corrected chi connectivity index (χ0v) is 9.42. The molecule has 0 aromatic rings. The van der Waals surface area contributed by atoms with Crippen LogP contribution in [-0.2, 0) is 13.8 Å². The quantitative estimate of drug-likeness (QED) is 0.700. The summed E-state index contributed by atoms with van der Waals surface area (Å²) in [5.74, 6) is 0.956. The van der Waals surface area contributed by atoms with Crippen LogP contribution in [0.3, 0.4) is 0 Å². The minimum absolute atomic E-state index is 0.104. The predicted molar refractivity (Wildman–Crippen MR) is 54.7 cm³/mol. The van der Waals surface area contributed by atoms with Gasteiger partial charge in [0.15, 0.2) is 5.78 Å². The predicted octanol–water partition coefficient (Wildman–Crippen LogP) is 1.27. The number of carbonyl (C=O) groups excluding carboxylic acids is 1. The van der Waals surface area contributed by atoms with Crippen LogP contribution in [0.15, 0.2) is 0 Å². The van der Waals surface area contributed by atoms with Gasteiger partial charge in [0, 0.05) is 22.4 Å². The molecule has 1 aliphatic heterocycles. The molecule has 1 saturated heterocycles. The van der Waals surface area contributed by atoms with Crippen LogP contribution in [0.5, 0.6) is 0 Å². The Kier molecular flexibility index (Phi) is 4.06. The molecule has 0 bridgehead atoms. The van der Waals surface area contributed by atoms with Crippen molar-refractivity contribution in [2.75, 3.05) is 17.3 Å². The number of hydrogen-bond acceptors (Lipinski definition) is 4. The van der Waals surface area contributed by atoms with E-state index in [0.717, 1.165) is 24.3 Å². The monoisotopic (exact) mass is 242 g/mol. The summed E-state index contributed by atoms with van der Waals surface area (Å²) >= 11 is 1.70. The third-order valence-corrected chi connectivity index (χ3v) is 4.10. The van der Waals surface area contributed by atoms with Gasteiger partial charge in [0.2, 0.25) is 9.05 Å². The number of thioether (sulfide) groups is 1. The molecule has 76 valence electrons. The Labute approximate surface area is 86.6 Å². The zero-order valence-electron chi connectivity index (χ0n) is 7.03. The van der Waals surface area contributed by atoms with Crippen molar-refractivity contribution in [3.63, 3.8) is 0 Å². The Morgan fingerprint density at radius 1 is 1.54 bits per heavy atom. The molecule has 0 aromatic carbocycles. The summed E-state index contributed by atoms with van der Waals surface area (Å²) in [6.07, 6.45) is 1.79. The van der Waals surface area contributed by atoms with Gasteiger partial charge >= 0.3 is 0 Å². The van der Waals surface area contributed by atoms with Crippen LogP contribution in [0.2, 0.25) is 0 Å². The lowest BCUT2D eigenvalue weighted by atomic mass is 10.0. The Morgan fingerprint density at radius 3 is 2.69 bits per heavy atom. The first kappa shape index (κ1) is 11.3. The van der Waals surface area contributed by atoms with E-state index in [-0.39, 0.29) is 11.7 Å². The van der Waals surface area contributed by atoms with Crippen molar-refractivity contribution < 1.29 is 13.2 Å². The van der Waals surface area contributed by atoms with Gasteiger partial charge in [-0.25, -0.2) is 8.42 Å². The van der Waals surface area contributed by atoms with E-state index in [1.165, 1.54) is 0 Å². The second-order valence-electron chi connectivity index (χ2n) is 3.06. The molecule has 3 nitrogen and oxygen atoms in total. The van der Waals surface area contributed by atoms with E-state index in [0.29, 0.717) is 0 Å². The molecule has 1 unspecified atom stereocenters. The topological polar surface area (TPSA) is 51.2 Å². The van der Waals surface area contributed by atoms with Gasteiger partial charge in [-0.2, -0.15) is 11.8 Å². The lowest BCUT2D eigenvalue weighted by molar-refractivity contribution is -0.119. The number of hydrogen-bond donors (Lipinski definition) is 0. The van der Waals surface area contributed by atoms with Crippen molar-refractivity contribution in [2.45, 2.75) is 12.8 Å². The lowest BCUT2D eigenvalue weighted by Gasteiger charge is -2.18. The molecular weight excluding hydrogens is 232 g/mol. The van der Waals surface area contributed by atoms with Crippen molar-refractivity contribution in [3.05, 3.63) is 0 Å². The first-order valence-electron chi connectivity index (χ1n) is 4.02. The third-order valence-electron chi connectivity index (χ3n) is 1.93. The summed E-state index contributed by atoms with van der Waals surface area (Å²) in [4.78, 5) is 11.3. The average molecular weight is 243 g/mol. The first-order valence-corrected chi connectivity index (χ1v) is 7.65. The molecule has 6 heteroatoms. The molecule has 1 aliphatic rings. The van der Waals surface area contributed by atoms with Crippen molar-refractivity contribution >= 4 is 37.3 Å². The van der Waals surface area contributed by atoms with Crippen LogP contribution in [0.25, 0.3) is 0 Å². The second kappa shape index (κ2) is 4.66. The van der Waals surface area contributed by atoms with E-state index < -0.39 is 14.8 Å². The molecule has 1 heterocycles. The smallest absolute Gasteiger partial charge is 0.239 e. The Balaban J connectivity index is 2.47. The van der Waals surface area contributed by atoms with Crippen molar-refractivity contribution in [3.8, 4) is 0 Å². The summed E-state index contributed by atoms with van der Waals surface area (Å²) in [5, 5.41) is 0. The third kappa shape index (κ3) is 4.33. The highest BCUT2D eigenvalue weighted by atomic mass is 35.7. The van der Waals surface area contributed by atoms with E-state index in [4.69, 9.17) is 10.7 Å². The van der Waals surface area contributed by atoms with Crippen molar-refractivity contribution in [1.82, 2.24) is 0 Å². The summed E-state index contributed by atoms with van der Waals surface area (Å²) in [6.45, 7) is 0. The SMILES string of the molecule is O=C(CS(=O)(=O)Cl)C1CCCSC1. The number of carbonyl (C=O) groups is 1. The van der Waals surface area contributed by atoms with Gasteiger partial charge in [0.05, 0.1) is 0 Å². The molecule has 1 rings (SSSR count). The molecule has 1 atom stereocenters. The van der Waals surface area contributed by atoms with Gasteiger partial charge < -0.3 is 0 Å². The summed E-state index contributed by atoms with van der Waals surface area (Å²) < 4.78 is 21.2. The Morgan fingerprint density at radius 2 is 2.23 bits per heavy atom. The number of halogens is 1. The normalized spacial score (nSPS) is 24.2. The molecule has 0 N–H and O–H groups in total. The Bertz CT molecular complexity index is 280. The van der Waals surface area contributed by atoms with E-state index >= 15 is 0 Å². The van der Waals surface area contributed by atoms with Gasteiger partial charge in [0.25, 0.3) is 0 Å². The standard InChI is InChI=1S/C7H11ClO3S2/c8-13(10,11)5-7(9)6-2-1-3-12-4-6/h6H,1-5H2. The molecule has 0 aliphatic carbocycles. The fourth-order valence-electron chi connectivity index (χ4n) is 1.28. The fourth-order valence-corrected chi connectivity index (χ4v) is 3.36. The molecule has 0 radical (unpaired) electrons. The van der Waals surface area contributed by atoms with E-state index in [2.05, 4.69) is 0 Å². The van der Waals surface area contributed by atoms with Crippen molar-refractivity contribution in [1.29, 1.82) is 0 Å². The highest BCUT2D eigenvalue weighted by molar-refractivity contribution is 8.14. The van der Waals surface area contributed by atoms with Crippen molar-refractivity contribution in [2.24, 2.45) is 5.92 Å². The second-order valence-corrected chi connectivity index (χ2v) is 6.99. The summed E-state index contributed by atoms with van der Waals surface area (Å²) in [5.41, 5.74) is 0. The largest absolute Gasteiger partial charge is 0.298 e. The molecule has 0 aromatic heterocycles. The Hall–Kier alpha value is 0.260. The molecular formula is C7H11ClO3S2. The molecule has 0 spiro atoms. The van der Waals surface area contributed by atoms with Crippen LogP contribution < -0.4 is 0 Å². The number of rotatable bonds is 3. The van der Waals surface area contributed by atoms with Gasteiger partial charge in [-0.1, -0.05) is 0 Å². The van der Waals surface area contributed by atoms with E-state index in [1.807, 2.05) is 0 Å². The van der Waals surface area contributed by atoms with Gasteiger partial charge in [0.1, 0.15) is 5.75 Å². The van der Waals surface area contributed by atoms with Crippen LogP contribution in [0.1, 0.15) is 12.8 Å². The molecule has 1 fully saturated rings. The van der Waals surface area contributed by atoms with E-state index in [9.17, 15) is 13.2 Å². The zero-order chi connectivity index (χ0) is 9.90. The number of ketones is 1. The highest BCUT2D eigenvalue weighted by Gasteiger charge is 2.24. The van der Waals surface area contributed by atoms with Gasteiger partial charge in [-0.05, 0) is 18.6 Å². The molecule has 0 saturated carbocycles. The van der Waals surface area contributed by atoms with Gasteiger partial charge in [-0.15, -0.1) is 0 Å². The van der Waals surface area contributed by atoms with Crippen LogP contribution in [0, 0.1) is 5.92 Å². The van der Waals surface area contributed by atoms with Crippen LogP contribution in [-0.4, -0.2) is 31.5 Å². The first-order chi connectivity index (χ1) is 5.99. The van der Waals surface area contributed by atoms with Crippen LogP contribution in [0.4, 0.5) is 0 Å². The lowest BCUT2D eigenvalue weighted by Crippen LogP contribution is -2.25. The summed E-state index contributed by atoms with van der Waals surface area (Å²) in [7, 11) is 1.33. The maximum atomic E-state index is 11.3. The van der Waals surface area contributed by atoms with E-state index in [1.54, 1.807) is 11.8 Å². The average Bonchev–Trinajstić information content (AvgIpc) is 2.03. The summed E-state index contributed by atoms with van der Waals surface area (Å²) in [6, 6.07) is 0.